The number of hydrogen-bond acceptors (Lipinski definition) is 2. The van der Waals surface area contributed by atoms with Crippen molar-refractivity contribution in [3.63, 3.8) is 0 Å². The van der Waals surface area contributed by atoms with Crippen molar-refractivity contribution in [1.82, 2.24) is 0 Å². The van der Waals surface area contributed by atoms with E-state index in [0.29, 0.717) is 0 Å². The van der Waals surface area contributed by atoms with Gasteiger partial charge in [-0.2, -0.15) is 0 Å². The van der Waals surface area contributed by atoms with Gasteiger partial charge >= 0.3 is 6.03 Å². The topological polar surface area (TPSA) is 89.3 Å². The van der Waals surface area contributed by atoms with Crippen LogP contribution in [-0.2, 0) is 0 Å². The van der Waals surface area contributed by atoms with E-state index in [1.807, 2.05) is 0 Å². The summed E-state index contributed by atoms with van der Waals surface area (Å²) in [5.41, 5.74) is 8.50. The molecule has 0 bridgehead atoms. The van der Waals surface area contributed by atoms with Gasteiger partial charge in [0.2, 0.25) is 0 Å². The molecule has 0 aliphatic rings. The lowest BCUT2D eigenvalue weighted by Gasteiger charge is -1.62. The summed E-state index contributed by atoms with van der Waals surface area (Å²) in [5.74, 6) is 0. The molecule has 0 fully saturated rings. The van der Waals surface area contributed by atoms with Gasteiger partial charge in [-0.25, -0.2) is 4.79 Å². The highest BCUT2D eigenvalue weighted by Gasteiger charge is 1.60. The smallest absolute Gasteiger partial charge is 0.309 e. The molecule has 0 aromatic rings. The Labute approximate surface area is 48.5 Å². The highest BCUT2D eigenvalue weighted by Crippen LogP contribution is 1.25. The molecular formula is C4H10N2O2. The van der Waals surface area contributed by atoms with Gasteiger partial charge in [0.05, 0.1) is 0 Å². The molecular weight excluding hydrogens is 108 g/mol. The minimum atomic E-state index is -0.833. The van der Waals surface area contributed by atoms with Crippen molar-refractivity contribution in [1.29, 1.82) is 0 Å². The van der Waals surface area contributed by atoms with E-state index in [-0.39, 0.29) is 0 Å². The molecule has 0 aliphatic heterocycles. The molecule has 0 heterocycles. The molecule has 48 valence electrons. The van der Waals surface area contributed by atoms with E-state index in [9.17, 15) is 0 Å². The SMILES string of the molecule is C#C.CO.NC(N)=O. The average Bonchev–Trinajstić information content (AvgIpc) is 1.75. The van der Waals surface area contributed by atoms with Crippen LogP contribution in [0, 0.1) is 12.8 Å². The Kier molecular flexibility index (Phi) is 82.1. The molecule has 0 atom stereocenters. The Balaban J connectivity index is -0.0000000542. The fourth-order valence-corrected chi connectivity index (χ4v) is 0. The van der Waals surface area contributed by atoms with Gasteiger partial charge in [-0.15, -0.1) is 12.8 Å². The minimum absolute atomic E-state index is 0.833. The Morgan fingerprint density at radius 3 is 1.38 bits per heavy atom. The predicted molar refractivity (Wildman–Crippen MR) is 31.8 cm³/mol. The number of urea groups is 1. The van der Waals surface area contributed by atoms with Crippen LogP contribution in [-0.4, -0.2) is 18.2 Å². The summed E-state index contributed by atoms with van der Waals surface area (Å²) in [5, 5.41) is 7.00. The fourth-order valence-electron chi connectivity index (χ4n) is 0. The lowest BCUT2D eigenvalue weighted by molar-refractivity contribution is 0.256. The first-order chi connectivity index (χ1) is 3.73. The van der Waals surface area contributed by atoms with Gasteiger partial charge < -0.3 is 16.6 Å². The Morgan fingerprint density at radius 2 is 1.38 bits per heavy atom. The largest absolute Gasteiger partial charge is 0.400 e. The number of nitrogens with two attached hydrogens (primary N) is 2. The number of terminal acetylenes is 1. The average molecular weight is 118 g/mol. The number of aliphatic hydroxyl groups excluding tert-OH is 1. The molecule has 0 aromatic carbocycles. The molecule has 8 heavy (non-hydrogen) atoms. The summed E-state index contributed by atoms with van der Waals surface area (Å²) < 4.78 is 0. The summed E-state index contributed by atoms with van der Waals surface area (Å²) >= 11 is 0. The fraction of sp³-hybridized carbons (Fsp3) is 0.250. The van der Waals surface area contributed by atoms with E-state index >= 15 is 0 Å². The Bertz CT molecular complexity index is 56.3. The first-order valence-electron chi connectivity index (χ1n) is 1.56. The van der Waals surface area contributed by atoms with Crippen molar-refractivity contribution >= 4 is 6.03 Å². The molecule has 0 unspecified atom stereocenters. The van der Waals surface area contributed by atoms with Gasteiger partial charge in [0.25, 0.3) is 0 Å². The third-order valence-corrected chi connectivity index (χ3v) is 0. The van der Waals surface area contributed by atoms with Crippen LogP contribution in [0.1, 0.15) is 0 Å². The minimum Gasteiger partial charge on any atom is -0.400 e. The third-order valence-electron chi connectivity index (χ3n) is 0. The van der Waals surface area contributed by atoms with Crippen LogP contribution < -0.4 is 11.5 Å². The molecule has 0 saturated carbocycles. The van der Waals surface area contributed by atoms with E-state index in [1.165, 1.54) is 0 Å². The number of primary amides is 2. The molecule has 0 aliphatic carbocycles. The maximum atomic E-state index is 9.00. The second-order valence-corrected chi connectivity index (χ2v) is 0.402. The van der Waals surface area contributed by atoms with E-state index in [0.717, 1.165) is 7.11 Å². The molecule has 4 heteroatoms. The molecule has 4 nitrogen and oxygen atoms in total. The van der Waals surface area contributed by atoms with Crippen molar-refractivity contribution in [2.24, 2.45) is 11.5 Å². The highest BCUT2D eigenvalue weighted by molar-refractivity contribution is 5.69. The summed E-state index contributed by atoms with van der Waals surface area (Å²) in [6.45, 7) is 0. The predicted octanol–water partition coefficient (Wildman–Crippen LogP) is -1.12. The summed E-state index contributed by atoms with van der Waals surface area (Å²) in [6, 6.07) is -0.833. The van der Waals surface area contributed by atoms with Gasteiger partial charge in [-0.1, -0.05) is 0 Å². The summed E-state index contributed by atoms with van der Waals surface area (Å²) in [7, 11) is 1.00. The molecule has 0 saturated heterocycles. The van der Waals surface area contributed by atoms with Crippen LogP contribution in [0.5, 0.6) is 0 Å². The number of carbonyl (C=O) groups excluding carboxylic acids is 1. The van der Waals surface area contributed by atoms with Crippen molar-refractivity contribution < 1.29 is 9.90 Å². The van der Waals surface area contributed by atoms with Crippen LogP contribution in [0.4, 0.5) is 4.79 Å². The summed E-state index contributed by atoms with van der Waals surface area (Å²) in [4.78, 5) is 9.00. The third kappa shape index (κ3) is 47.0. The van der Waals surface area contributed by atoms with Gasteiger partial charge in [-0.3, -0.25) is 0 Å². The maximum absolute atomic E-state index is 9.00. The standard InChI is InChI=1S/C2H2.CH4N2O.CH4O/c1-2;2-1(3)4;1-2/h1-2H;(H4,2,3,4);2H,1H3. The first-order valence-corrected chi connectivity index (χ1v) is 1.56. The lowest BCUT2D eigenvalue weighted by Crippen LogP contribution is -2.18. The van der Waals surface area contributed by atoms with Crippen LogP contribution >= 0.6 is 0 Å². The van der Waals surface area contributed by atoms with Crippen LogP contribution in [0.3, 0.4) is 0 Å². The molecule has 0 rings (SSSR count). The van der Waals surface area contributed by atoms with E-state index in [1.54, 1.807) is 0 Å². The zero-order valence-corrected chi connectivity index (χ0v) is 4.66. The maximum Gasteiger partial charge on any atom is 0.309 e. The van der Waals surface area contributed by atoms with Gasteiger partial charge in [0.15, 0.2) is 0 Å². The second kappa shape index (κ2) is 41.5. The molecule has 0 spiro atoms. The molecule has 5 N–H and O–H groups in total. The van der Waals surface area contributed by atoms with E-state index in [4.69, 9.17) is 9.90 Å². The first kappa shape index (κ1) is 15.8. The lowest BCUT2D eigenvalue weighted by atomic mass is 11.2. The zero-order chi connectivity index (χ0) is 7.58. The Morgan fingerprint density at radius 1 is 1.38 bits per heavy atom. The normalized spacial score (nSPS) is 4.00. The number of hydrogen-bond donors (Lipinski definition) is 3. The summed E-state index contributed by atoms with van der Waals surface area (Å²) in [6.07, 6.45) is 8.00. The Hall–Kier alpha value is -1.21. The monoisotopic (exact) mass is 118 g/mol. The van der Waals surface area contributed by atoms with Gasteiger partial charge in [0.1, 0.15) is 0 Å². The second-order valence-electron chi connectivity index (χ2n) is 0.402. The van der Waals surface area contributed by atoms with E-state index in [2.05, 4.69) is 24.3 Å². The van der Waals surface area contributed by atoms with Crippen molar-refractivity contribution in [3.05, 3.63) is 0 Å². The molecule has 0 radical (unpaired) electrons. The van der Waals surface area contributed by atoms with Crippen LogP contribution in [0.15, 0.2) is 0 Å². The van der Waals surface area contributed by atoms with Crippen LogP contribution in [0.2, 0.25) is 0 Å². The number of amides is 2. The quantitative estimate of drug-likeness (QED) is 0.352. The van der Waals surface area contributed by atoms with Gasteiger partial charge in [-0.05, 0) is 0 Å². The number of carbonyl (C=O) groups is 1. The van der Waals surface area contributed by atoms with Crippen molar-refractivity contribution in [2.45, 2.75) is 0 Å². The highest BCUT2D eigenvalue weighted by atomic mass is 16.2. The number of aliphatic hydroxyl groups is 1. The number of rotatable bonds is 0. The van der Waals surface area contributed by atoms with E-state index < -0.39 is 6.03 Å². The molecule has 0 aromatic heterocycles. The van der Waals surface area contributed by atoms with Crippen molar-refractivity contribution in [3.8, 4) is 12.8 Å². The van der Waals surface area contributed by atoms with Crippen molar-refractivity contribution in [2.75, 3.05) is 7.11 Å². The zero-order valence-electron chi connectivity index (χ0n) is 4.66. The van der Waals surface area contributed by atoms with Crippen LogP contribution in [0.25, 0.3) is 0 Å². The van der Waals surface area contributed by atoms with Gasteiger partial charge in [0, 0.05) is 7.11 Å². The molecule has 2 amide bonds.